The number of nitrogens with one attached hydrogen (secondary N) is 1. The zero-order chi connectivity index (χ0) is 15.6. The first-order valence-corrected chi connectivity index (χ1v) is 8.63. The van der Waals surface area contributed by atoms with E-state index in [9.17, 15) is 8.42 Å². The molecule has 1 fully saturated rings. The molecule has 1 saturated heterocycles. The first kappa shape index (κ1) is 15.1. The maximum Gasteiger partial charge on any atom is 0.246 e. The van der Waals surface area contributed by atoms with Crippen LogP contribution in [0.15, 0.2) is 47.6 Å². The fraction of sp³-hybridized carbons (Fsp3) is 0.333. The highest BCUT2D eigenvalue weighted by Gasteiger charge is 2.31. The summed E-state index contributed by atoms with van der Waals surface area (Å²) in [5.74, 6) is 0.521. The highest BCUT2D eigenvalue weighted by Crippen LogP contribution is 2.20. The molecule has 22 heavy (non-hydrogen) atoms. The Morgan fingerprint density at radius 3 is 2.50 bits per heavy atom. The first-order chi connectivity index (χ1) is 10.6. The first-order valence-electron chi connectivity index (χ1n) is 7.19. The van der Waals surface area contributed by atoms with E-state index in [0.29, 0.717) is 25.5 Å². The van der Waals surface area contributed by atoms with Gasteiger partial charge in [-0.25, -0.2) is 18.4 Å². The molecule has 1 aliphatic rings. The van der Waals surface area contributed by atoms with E-state index in [2.05, 4.69) is 15.3 Å². The summed E-state index contributed by atoms with van der Waals surface area (Å²) in [6, 6.07) is 9.41. The standard InChI is InChI=1S/C15H18N4O2S/c1-12-9-16-7-8-19(12)22(20,21)14-10-17-15(18-11-14)13-5-3-2-4-6-13/h2-6,10-12,16H,7-9H2,1H3. The van der Waals surface area contributed by atoms with Crippen molar-refractivity contribution >= 4 is 10.0 Å². The van der Waals surface area contributed by atoms with Crippen molar-refractivity contribution in [1.82, 2.24) is 19.6 Å². The monoisotopic (exact) mass is 318 g/mol. The van der Waals surface area contributed by atoms with E-state index in [1.165, 1.54) is 16.7 Å². The number of hydrogen-bond donors (Lipinski definition) is 1. The molecule has 0 spiro atoms. The lowest BCUT2D eigenvalue weighted by atomic mass is 10.2. The molecular weight excluding hydrogens is 300 g/mol. The van der Waals surface area contributed by atoms with Gasteiger partial charge >= 0.3 is 0 Å². The van der Waals surface area contributed by atoms with Crippen LogP contribution in [0.3, 0.4) is 0 Å². The van der Waals surface area contributed by atoms with Crippen molar-refractivity contribution in [3.8, 4) is 11.4 Å². The van der Waals surface area contributed by atoms with Gasteiger partial charge in [-0.1, -0.05) is 30.3 Å². The van der Waals surface area contributed by atoms with Crippen LogP contribution in [-0.4, -0.2) is 48.4 Å². The number of benzene rings is 1. The Kier molecular flexibility index (Phi) is 4.19. The zero-order valence-electron chi connectivity index (χ0n) is 12.3. The third kappa shape index (κ3) is 2.87. The second kappa shape index (κ2) is 6.12. The number of hydrogen-bond acceptors (Lipinski definition) is 5. The SMILES string of the molecule is CC1CNCCN1S(=O)(=O)c1cnc(-c2ccccc2)nc1. The van der Waals surface area contributed by atoms with Crippen molar-refractivity contribution in [2.24, 2.45) is 0 Å². The van der Waals surface area contributed by atoms with Gasteiger partial charge in [0.05, 0.1) is 12.4 Å². The van der Waals surface area contributed by atoms with Gasteiger partial charge < -0.3 is 5.32 Å². The van der Waals surface area contributed by atoms with Crippen LogP contribution in [0.25, 0.3) is 11.4 Å². The van der Waals surface area contributed by atoms with Crippen LogP contribution in [-0.2, 0) is 10.0 Å². The molecule has 3 rings (SSSR count). The maximum atomic E-state index is 12.7. The predicted octanol–water partition coefficient (Wildman–Crippen LogP) is 1.13. The van der Waals surface area contributed by atoms with Crippen molar-refractivity contribution in [2.45, 2.75) is 17.9 Å². The summed E-state index contributed by atoms with van der Waals surface area (Å²) in [6.07, 6.45) is 2.78. The quantitative estimate of drug-likeness (QED) is 0.918. The largest absolute Gasteiger partial charge is 0.314 e. The van der Waals surface area contributed by atoms with Crippen LogP contribution in [0.2, 0.25) is 0 Å². The highest BCUT2D eigenvalue weighted by atomic mass is 32.2. The van der Waals surface area contributed by atoms with Crippen LogP contribution >= 0.6 is 0 Å². The lowest BCUT2D eigenvalue weighted by molar-refractivity contribution is 0.283. The van der Waals surface area contributed by atoms with Gasteiger partial charge in [0.1, 0.15) is 4.90 Å². The summed E-state index contributed by atoms with van der Waals surface area (Å²) in [6.45, 7) is 3.67. The molecule has 0 saturated carbocycles. The van der Waals surface area contributed by atoms with Gasteiger partial charge in [-0.15, -0.1) is 0 Å². The molecule has 116 valence electrons. The molecule has 2 aromatic rings. The molecule has 1 atom stereocenters. The average molecular weight is 318 g/mol. The van der Waals surface area contributed by atoms with Gasteiger partial charge in [0.25, 0.3) is 0 Å². The van der Waals surface area contributed by atoms with E-state index < -0.39 is 10.0 Å². The van der Waals surface area contributed by atoms with Crippen LogP contribution in [0.4, 0.5) is 0 Å². The van der Waals surface area contributed by atoms with Crippen molar-refractivity contribution in [3.63, 3.8) is 0 Å². The zero-order valence-corrected chi connectivity index (χ0v) is 13.1. The summed E-state index contributed by atoms with van der Waals surface area (Å²) >= 11 is 0. The Labute approximate surface area is 130 Å². The molecule has 0 amide bonds. The Morgan fingerprint density at radius 1 is 1.18 bits per heavy atom. The minimum atomic E-state index is -3.54. The Morgan fingerprint density at radius 2 is 1.86 bits per heavy atom. The minimum Gasteiger partial charge on any atom is -0.314 e. The molecule has 6 nitrogen and oxygen atoms in total. The molecule has 0 radical (unpaired) electrons. The molecule has 1 N–H and O–H groups in total. The van der Waals surface area contributed by atoms with Crippen molar-refractivity contribution in [1.29, 1.82) is 0 Å². The van der Waals surface area contributed by atoms with Gasteiger partial charge in [0.2, 0.25) is 10.0 Å². The summed E-state index contributed by atoms with van der Waals surface area (Å²) in [5.41, 5.74) is 0.863. The summed E-state index contributed by atoms with van der Waals surface area (Å²) in [4.78, 5) is 8.54. The Bertz CT molecular complexity index is 732. The number of nitrogens with zero attached hydrogens (tertiary/aromatic N) is 3. The van der Waals surface area contributed by atoms with Gasteiger partial charge in [0, 0.05) is 31.2 Å². The summed E-state index contributed by atoms with van der Waals surface area (Å²) < 4.78 is 26.8. The lowest BCUT2D eigenvalue weighted by Gasteiger charge is -2.32. The number of aromatic nitrogens is 2. The van der Waals surface area contributed by atoms with Gasteiger partial charge in [-0.05, 0) is 6.92 Å². The Balaban J connectivity index is 1.89. The molecule has 2 heterocycles. The molecule has 1 aliphatic heterocycles. The fourth-order valence-electron chi connectivity index (χ4n) is 2.50. The highest BCUT2D eigenvalue weighted by molar-refractivity contribution is 7.89. The maximum absolute atomic E-state index is 12.7. The normalized spacial score (nSPS) is 20.0. The third-order valence-corrected chi connectivity index (χ3v) is 5.67. The molecule has 1 unspecified atom stereocenters. The van der Waals surface area contributed by atoms with Crippen molar-refractivity contribution in [3.05, 3.63) is 42.7 Å². The number of sulfonamides is 1. The van der Waals surface area contributed by atoms with Crippen molar-refractivity contribution < 1.29 is 8.42 Å². The fourth-order valence-corrected chi connectivity index (χ4v) is 4.02. The number of rotatable bonds is 3. The average Bonchev–Trinajstić information content (AvgIpc) is 2.56. The third-order valence-electron chi connectivity index (χ3n) is 3.71. The van der Waals surface area contributed by atoms with E-state index in [1.807, 2.05) is 37.3 Å². The minimum absolute atomic E-state index is 0.0763. The van der Waals surface area contributed by atoms with E-state index >= 15 is 0 Å². The van der Waals surface area contributed by atoms with E-state index in [-0.39, 0.29) is 10.9 Å². The lowest BCUT2D eigenvalue weighted by Crippen LogP contribution is -2.52. The van der Waals surface area contributed by atoms with Gasteiger partial charge in [-0.2, -0.15) is 4.31 Å². The van der Waals surface area contributed by atoms with Crippen LogP contribution < -0.4 is 5.32 Å². The van der Waals surface area contributed by atoms with Crippen LogP contribution in [0, 0.1) is 0 Å². The Hall–Kier alpha value is -1.83. The molecule has 7 heteroatoms. The predicted molar refractivity (Wildman–Crippen MR) is 83.7 cm³/mol. The van der Waals surface area contributed by atoms with Gasteiger partial charge in [0.15, 0.2) is 5.82 Å². The topological polar surface area (TPSA) is 75.2 Å². The second-order valence-electron chi connectivity index (χ2n) is 5.28. The molecule has 1 aromatic carbocycles. The summed E-state index contributed by atoms with van der Waals surface area (Å²) in [5, 5.41) is 3.18. The van der Waals surface area contributed by atoms with Crippen LogP contribution in [0.5, 0.6) is 0 Å². The molecule has 0 aliphatic carbocycles. The smallest absolute Gasteiger partial charge is 0.246 e. The van der Waals surface area contributed by atoms with E-state index in [1.54, 1.807) is 0 Å². The van der Waals surface area contributed by atoms with Crippen LogP contribution in [0.1, 0.15) is 6.92 Å². The van der Waals surface area contributed by atoms with E-state index in [4.69, 9.17) is 0 Å². The summed E-state index contributed by atoms with van der Waals surface area (Å²) in [7, 11) is -3.54. The van der Waals surface area contributed by atoms with Crippen molar-refractivity contribution in [2.75, 3.05) is 19.6 Å². The number of piperazine rings is 1. The van der Waals surface area contributed by atoms with Gasteiger partial charge in [-0.3, -0.25) is 0 Å². The molecular formula is C15H18N4O2S. The van der Waals surface area contributed by atoms with E-state index in [0.717, 1.165) is 5.56 Å². The second-order valence-corrected chi connectivity index (χ2v) is 7.17. The molecule has 1 aromatic heterocycles. The molecule has 0 bridgehead atoms.